The van der Waals surface area contributed by atoms with Crippen molar-refractivity contribution in [2.24, 2.45) is 0 Å². The monoisotopic (exact) mass is 430 g/mol. The van der Waals surface area contributed by atoms with Gasteiger partial charge < -0.3 is 4.90 Å². The molecule has 0 radical (unpaired) electrons. The van der Waals surface area contributed by atoms with Crippen molar-refractivity contribution in [1.29, 1.82) is 0 Å². The maximum absolute atomic E-state index is 12.8. The lowest BCUT2D eigenvalue weighted by molar-refractivity contribution is -0.131. The SMILES string of the molecule is CCCS(=O)(=O)C(C)C(=O)N1CCN(S(=O)(=O)c2ccc(C(C)C)cc2)CC1. The minimum atomic E-state index is -3.63. The van der Waals surface area contributed by atoms with Gasteiger partial charge in [0.05, 0.1) is 10.6 Å². The highest BCUT2D eigenvalue weighted by Gasteiger charge is 2.35. The van der Waals surface area contributed by atoms with E-state index in [1.807, 2.05) is 26.0 Å². The highest BCUT2D eigenvalue weighted by molar-refractivity contribution is 7.92. The number of nitrogens with zero attached hydrogens (tertiary/aromatic N) is 2. The van der Waals surface area contributed by atoms with Crippen LogP contribution in [0.3, 0.4) is 0 Å². The first-order valence-corrected chi connectivity index (χ1v) is 12.8. The zero-order valence-electron chi connectivity index (χ0n) is 17.0. The van der Waals surface area contributed by atoms with Gasteiger partial charge in [-0.15, -0.1) is 0 Å². The van der Waals surface area contributed by atoms with Crippen LogP contribution in [0.1, 0.15) is 45.6 Å². The molecular formula is C19H30N2O5S2. The molecule has 0 saturated carbocycles. The van der Waals surface area contributed by atoms with Crippen LogP contribution in [0, 0.1) is 0 Å². The number of rotatable bonds is 7. The fraction of sp³-hybridized carbons (Fsp3) is 0.632. The molecule has 0 spiro atoms. The fourth-order valence-corrected chi connectivity index (χ4v) is 6.00. The second-order valence-corrected chi connectivity index (χ2v) is 11.8. The summed E-state index contributed by atoms with van der Waals surface area (Å²) >= 11 is 0. The molecule has 9 heteroatoms. The Balaban J connectivity index is 2.05. The number of amides is 1. The Hall–Kier alpha value is -1.45. The summed E-state index contributed by atoms with van der Waals surface area (Å²) in [6.07, 6.45) is 0.460. The Bertz CT molecular complexity index is 885. The average molecular weight is 431 g/mol. The van der Waals surface area contributed by atoms with Crippen molar-refractivity contribution in [2.45, 2.75) is 50.2 Å². The third kappa shape index (κ3) is 4.93. The topological polar surface area (TPSA) is 91.8 Å². The summed E-state index contributed by atoms with van der Waals surface area (Å²) in [5.41, 5.74) is 1.07. The highest BCUT2D eigenvalue weighted by atomic mass is 32.2. The zero-order valence-corrected chi connectivity index (χ0v) is 18.6. The third-order valence-corrected chi connectivity index (χ3v) is 9.28. The number of benzene rings is 1. The molecule has 158 valence electrons. The van der Waals surface area contributed by atoms with Crippen molar-refractivity contribution in [2.75, 3.05) is 31.9 Å². The lowest BCUT2D eigenvalue weighted by Crippen LogP contribution is -2.53. The van der Waals surface area contributed by atoms with E-state index < -0.39 is 31.0 Å². The first-order valence-electron chi connectivity index (χ1n) is 9.61. The van der Waals surface area contributed by atoms with E-state index >= 15 is 0 Å². The summed E-state index contributed by atoms with van der Waals surface area (Å²) in [7, 11) is -7.11. The summed E-state index contributed by atoms with van der Waals surface area (Å²) in [4.78, 5) is 14.2. The molecule has 1 fully saturated rings. The van der Waals surface area contributed by atoms with Gasteiger partial charge >= 0.3 is 0 Å². The third-order valence-electron chi connectivity index (χ3n) is 5.11. The van der Waals surface area contributed by atoms with E-state index in [0.717, 1.165) is 5.56 Å². The van der Waals surface area contributed by atoms with E-state index in [1.54, 1.807) is 19.1 Å². The Morgan fingerprint density at radius 3 is 1.96 bits per heavy atom. The summed E-state index contributed by atoms with van der Waals surface area (Å²) in [5, 5.41) is -1.10. The number of sulfone groups is 1. The van der Waals surface area contributed by atoms with Gasteiger partial charge in [0.25, 0.3) is 0 Å². The van der Waals surface area contributed by atoms with Gasteiger partial charge in [0.1, 0.15) is 5.25 Å². The van der Waals surface area contributed by atoms with E-state index in [4.69, 9.17) is 0 Å². The van der Waals surface area contributed by atoms with Crippen molar-refractivity contribution < 1.29 is 21.6 Å². The summed E-state index contributed by atoms with van der Waals surface area (Å²) in [6, 6.07) is 6.86. The van der Waals surface area contributed by atoms with Crippen LogP contribution < -0.4 is 0 Å². The lowest BCUT2D eigenvalue weighted by Gasteiger charge is -2.35. The molecule has 1 aliphatic heterocycles. The van der Waals surface area contributed by atoms with Crippen LogP contribution in [0.5, 0.6) is 0 Å². The van der Waals surface area contributed by atoms with Gasteiger partial charge in [0.2, 0.25) is 15.9 Å². The molecule has 1 heterocycles. The molecule has 1 aromatic carbocycles. The van der Waals surface area contributed by atoms with Crippen LogP contribution in [0.25, 0.3) is 0 Å². The normalized spacial score (nSPS) is 17.7. The molecule has 1 atom stereocenters. The molecule has 0 bridgehead atoms. The maximum atomic E-state index is 12.8. The highest BCUT2D eigenvalue weighted by Crippen LogP contribution is 2.21. The molecule has 7 nitrogen and oxygen atoms in total. The molecule has 1 saturated heterocycles. The number of sulfonamides is 1. The van der Waals surface area contributed by atoms with Gasteiger partial charge in [-0.2, -0.15) is 4.31 Å². The Labute approximate surface area is 168 Å². The van der Waals surface area contributed by atoms with Crippen LogP contribution in [-0.4, -0.2) is 69.1 Å². The van der Waals surface area contributed by atoms with Gasteiger partial charge in [-0.05, 0) is 37.0 Å². The van der Waals surface area contributed by atoms with E-state index in [-0.39, 0.29) is 36.8 Å². The van der Waals surface area contributed by atoms with Crippen LogP contribution in [0.15, 0.2) is 29.2 Å². The summed E-state index contributed by atoms with van der Waals surface area (Å²) in [5.74, 6) is -0.162. The Morgan fingerprint density at radius 2 is 1.50 bits per heavy atom. The first kappa shape index (κ1) is 22.8. The average Bonchev–Trinajstić information content (AvgIpc) is 2.67. The Kier molecular flexibility index (Phi) is 7.27. The smallest absolute Gasteiger partial charge is 0.243 e. The largest absolute Gasteiger partial charge is 0.339 e. The minimum Gasteiger partial charge on any atom is -0.339 e. The fourth-order valence-electron chi connectivity index (χ4n) is 3.19. The minimum absolute atomic E-state index is 0.0272. The molecule has 1 aromatic rings. The summed E-state index contributed by atoms with van der Waals surface area (Å²) in [6.45, 7) is 7.94. The van der Waals surface area contributed by atoms with Crippen molar-refractivity contribution in [3.05, 3.63) is 29.8 Å². The van der Waals surface area contributed by atoms with Gasteiger partial charge in [-0.3, -0.25) is 4.79 Å². The van der Waals surface area contributed by atoms with Gasteiger partial charge in [-0.1, -0.05) is 32.9 Å². The molecular weight excluding hydrogens is 400 g/mol. The van der Waals surface area contributed by atoms with Crippen LogP contribution in [0.2, 0.25) is 0 Å². The molecule has 0 aliphatic carbocycles. The quantitative estimate of drug-likeness (QED) is 0.658. The Morgan fingerprint density at radius 1 is 0.964 bits per heavy atom. The van der Waals surface area contributed by atoms with E-state index in [9.17, 15) is 21.6 Å². The van der Waals surface area contributed by atoms with Crippen LogP contribution in [-0.2, 0) is 24.7 Å². The van der Waals surface area contributed by atoms with E-state index in [2.05, 4.69) is 0 Å². The summed E-state index contributed by atoms with van der Waals surface area (Å²) < 4.78 is 51.3. The molecule has 0 N–H and O–H groups in total. The first-order chi connectivity index (χ1) is 13.0. The molecule has 28 heavy (non-hydrogen) atoms. The molecule has 1 unspecified atom stereocenters. The molecule has 1 aliphatic rings. The number of carbonyl (C=O) groups excluding carboxylic acids is 1. The standard InChI is InChI=1S/C19H30N2O5S2/c1-5-14-27(23,24)16(4)19(22)20-10-12-21(13-11-20)28(25,26)18-8-6-17(7-9-18)15(2)3/h6-9,15-16H,5,10-14H2,1-4H3. The maximum Gasteiger partial charge on any atom is 0.243 e. The van der Waals surface area contributed by atoms with Crippen molar-refractivity contribution in [3.63, 3.8) is 0 Å². The van der Waals surface area contributed by atoms with E-state index in [1.165, 1.54) is 16.1 Å². The second-order valence-electron chi connectivity index (χ2n) is 7.46. The zero-order chi connectivity index (χ0) is 21.1. The van der Waals surface area contributed by atoms with Crippen LogP contribution in [0.4, 0.5) is 0 Å². The van der Waals surface area contributed by atoms with Crippen molar-refractivity contribution in [1.82, 2.24) is 9.21 Å². The molecule has 0 aromatic heterocycles. The van der Waals surface area contributed by atoms with Crippen molar-refractivity contribution in [3.8, 4) is 0 Å². The van der Waals surface area contributed by atoms with E-state index in [0.29, 0.717) is 12.3 Å². The molecule has 1 amide bonds. The lowest BCUT2D eigenvalue weighted by atomic mass is 10.0. The second kappa shape index (κ2) is 8.92. The number of hydrogen-bond acceptors (Lipinski definition) is 5. The van der Waals surface area contributed by atoms with Gasteiger partial charge in [-0.25, -0.2) is 16.8 Å². The van der Waals surface area contributed by atoms with Gasteiger partial charge in [0.15, 0.2) is 9.84 Å². The predicted octanol–water partition coefficient (Wildman–Crippen LogP) is 1.86. The molecule has 2 rings (SSSR count). The predicted molar refractivity (Wildman–Crippen MR) is 109 cm³/mol. The number of piperazine rings is 1. The number of carbonyl (C=O) groups is 1. The van der Waals surface area contributed by atoms with Crippen molar-refractivity contribution >= 4 is 25.8 Å². The number of hydrogen-bond donors (Lipinski definition) is 0. The van der Waals surface area contributed by atoms with Crippen LogP contribution >= 0.6 is 0 Å². The van der Waals surface area contributed by atoms with Gasteiger partial charge in [0, 0.05) is 26.2 Å².